The molecular weight excluding hydrogens is 368 g/mol. The molecule has 0 saturated heterocycles. The molecular formula is C23H22N2O2S. The van der Waals surface area contributed by atoms with Crippen LogP contribution in [-0.4, -0.2) is 10.9 Å². The van der Waals surface area contributed by atoms with Crippen molar-refractivity contribution in [3.63, 3.8) is 0 Å². The number of aryl methyl sites for hydroxylation is 2. The third-order valence-electron chi connectivity index (χ3n) is 4.82. The van der Waals surface area contributed by atoms with E-state index in [0.29, 0.717) is 18.1 Å². The molecule has 0 saturated carbocycles. The Hall–Kier alpha value is -2.92. The maximum absolute atomic E-state index is 13.2. The number of amides is 1. The van der Waals surface area contributed by atoms with E-state index in [1.807, 2.05) is 49.4 Å². The number of para-hydroxylation sites is 1. The Bertz CT molecular complexity index is 1080. The van der Waals surface area contributed by atoms with Gasteiger partial charge in [-0.2, -0.15) is 0 Å². The molecule has 4 aromatic rings. The van der Waals surface area contributed by atoms with Crippen molar-refractivity contribution >= 4 is 32.6 Å². The second kappa shape index (κ2) is 7.98. The van der Waals surface area contributed by atoms with Crippen LogP contribution < -0.4 is 4.90 Å². The highest BCUT2D eigenvalue weighted by atomic mass is 32.1. The number of nitrogens with zero attached hydrogens (tertiary/aromatic N) is 2. The first-order chi connectivity index (χ1) is 13.6. The van der Waals surface area contributed by atoms with E-state index < -0.39 is 0 Å². The Morgan fingerprint density at radius 1 is 1.07 bits per heavy atom. The van der Waals surface area contributed by atoms with Crippen LogP contribution >= 0.6 is 11.3 Å². The SMILES string of the molecule is CCc1ccc(CC(=O)N(Cc2ccco2)c2nc3c(C)cccc3s2)cc1. The van der Waals surface area contributed by atoms with Crippen LogP contribution in [0.3, 0.4) is 0 Å². The molecule has 2 aromatic carbocycles. The van der Waals surface area contributed by atoms with Crippen LogP contribution in [0.25, 0.3) is 10.2 Å². The number of hydrogen-bond donors (Lipinski definition) is 0. The highest BCUT2D eigenvalue weighted by Crippen LogP contribution is 2.32. The summed E-state index contributed by atoms with van der Waals surface area (Å²) in [6.45, 7) is 4.54. The van der Waals surface area contributed by atoms with E-state index in [1.165, 1.54) is 16.9 Å². The summed E-state index contributed by atoms with van der Waals surface area (Å²) in [5.41, 5.74) is 4.34. The van der Waals surface area contributed by atoms with Crippen LogP contribution in [-0.2, 0) is 24.2 Å². The first kappa shape index (κ1) is 18.4. The Balaban J connectivity index is 1.65. The van der Waals surface area contributed by atoms with Crippen molar-refractivity contribution in [2.45, 2.75) is 33.2 Å². The average molecular weight is 391 g/mol. The van der Waals surface area contributed by atoms with E-state index in [-0.39, 0.29) is 5.91 Å². The average Bonchev–Trinajstić information content (AvgIpc) is 3.37. The molecule has 142 valence electrons. The van der Waals surface area contributed by atoms with E-state index in [9.17, 15) is 4.79 Å². The normalized spacial score (nSPS) is 11.1. The van der Waals surface area contributed by atoms with E-state index in [1.54, 1.807) is 11.2 Å². The molecule has 0 N–H and O–H groups in total. The van der Waals surface area contributed by atoms with E-state index in [4.69, 9.17) is 9.40 Å². The molecule has 5 heteroatoms. The zero-order chi connectivity index (χ0) is 19.5. The van der Waals surface area contributed by atoms with Gasteiger partial charge < -0.3 is 4.42 Å². The lowest BCUT2D eigenvalue weighted by atomic mass is 10.1. The lowest BCUT2D eigenvalue weighted by Gasteiger charge is -2.19. The molecule has 1 amide bonds. The standard InChI is InChI=1S/C23H22N2O2S/c1-3-17-9-11-18(12-10-17)14-21(26)25(15-19-7-5-13-27-19)23-24-22-16(2)6-4-8-20(22)28-23/h4-13H,3,14-15H2,1-2H3. The van der Waals surface area contributed by atoms with Crippen LogP contribution in [0.5, 0.6) is 0 Å². The van der Waals surface area contributed by atoms with Crippen molar-refractivity contribution < 1.29 is 9.21 Å². The second-order valence-corrected chi connectivity index (χ2v) is 7.83. The van der Waals surface area contributed by atoms with E-state index in [2.05, 4.69) is 19.1 Å². The summed E-state index contributed by atoms with van der Waals surface area (Å²) in [5, 5.41) is 0.705. The third-order valence-corrected chi connectivity index (χ3v) is 5.87. The van der Waals surface area contributed by atoms with Gasteiger partial charge in [-0.05, 0) is 48.2 Å². The van der Waals surface area contributed by atoms with Gasteiger partial charge in [-0.3, -0.25) is 9.69 Å². The number of anilines is 1. The Kier molecular flexibility index (Phi) is 5.26. The van der Waals surface area contributed by atoms with E-state index in [0.717, 1.165) is 33.5 Å². The lowest BCUT2D eigenvalue weighted by molar-refractivity contribution is -0.118. The monoisotopic (exact) mass is 390 g/mol. The Morgan fingerprint density at radius 2 is 1.86 bits per heavy atom. The van der Waals surface area contributed by atoms with E-state index >= 15 is 0 Å². The van der Waals surface area contributed by atoms with Crippen LogP contribution in [0, 0.1) is 6.92 Å². The molecule has 0 atom stereocenters. The van der Waals surface area contributed by atoms with Gasteiger partial charge in [-0.25, -0.2) is 4.98 Å². The van der Waals surface area contributed by atoms with Gasteiger partial charge >= 0.3 is 0 Å². The van der Waals surface area contributed by atoms with Crippen molar-refractivity contribution in [2.24, 2.45) is 0 Å². The van der Waals surface area contributed by atoms with Crippen molar-refractivity contribution in [1.29, 1.82) is 0 Å². The summed E-state index contributed by atoms with van der Waals surface area (Å²) >= 11 is 1.54. The largest absolute Gasteiger partial charge is 0.467 e. The van der Waals surface area contributed by atoms with Crippen molar-refractivity contribution in [2.75, 3.05) is 4.90 Å². The van der Waals surface area contributed by atoms with Crippen LogP contribution in [0.2, 0.25) is 0 Å². The minimum absolute atomic E-state index is 0.0114. The van der Waals surface area contributed by atoms with Crippen LogP contribution in [0.4, 0.5) is 5.13 Å². The van der Waals surface area contributed by atoms with Crippen molar-refractivity contribution in [3.05, 3.63) is 83.3 Å². The van der Waals surface area contributed by atoms with Gasteiger partial charge in [0.05, 0.1) is 29.4 Å². The Labute approximate surface area is 168 Å². The van der Waals surface area contributed by atoms with Crippen molar-refractivity contribution in [1.82, 2.24) is 4.98 Å². The molecule has 0 aliphatic carbocycles. The molecule has 4 rings (SSSR count). The zero-order valence-electron chi connectivity index (χ0n) is 16.0. The molecule has 0 unspecified atom stereocenters. The second-order valence-electron chi connectivity index (χ2n) is 6.82. The molecule has 0 bridgehead atoms. The summed E-state index contributed by atoms with van der Waals surface area (Å²) in [6.07, 6.45) is 2.95. The van der Waals surface area contributed by atoms with Gasteiger partial charge in [0.1, 0.15) is 5.76 Å². The summed E-state index contributed by atoms with van der Waals surface area (Å²) in [7, 11) is 0. The lowest BCUT2D eigenvalue weighted by Crippen LogP contribution is -2.31. The number of hydrogen-bond acceptors (Lipinski definition) is 4. The quantitative estimate of drug-likeness (QED) is 0.434. The highest BCUT2D eigenvalue weighted by molar-refractivity contribution is 7.22. The fraction of sp³-hybridized carbons (Fsp3) is 0.217. The molecule has 2 aromatic heterocycles. The number of carbonyl (C=O) groups excluding carboxylic acids is 1. The number of benzene rings is 2. The molecule has 0 aliphatic heterocycles. The molecule has 0 spiro atoms. The number of rotatable bonds is 6. The number of fused-ring (bicyclic) bond motifs is 1. The van der Waals surface area contributed by atoms with Gasteiger partial charge in [0.2, 0.25) is 5.91 Å². The number of aromatic nitrogens is 1. The summed E-state index contributed by atoms with van der Waals surface area (Å²) in [6, 6.07) is 18.1. The van der Waals surface area contributed by atoms with Crippen LogP contribution in [0.15, 0.2) is 65.3 Å². The molecule has 4 nitrogen and oxygen atoms in total. The van der Waals surface area contributed by atoms with Gasteiger partial charge in [-0.1, -0.05) is 54.7 Å². The molecule has 0 aliphatic rings. The molecule has 0 fully saturated rings. The number of furan rings is 1. The first-order valence-corrected chi connectivity index (χ1v) is 10.2. The summed E-state index contributed by atoms with van der Waals surface area (Å²) in [5.74, 6) is 0.753. The van der Waals surface area contributed by atoms with Crippen molar-refractivity contribution in [3.8, 4) is 0 Å². The topological polar surface area (TPSA) is 46.3 Å². The maximum atomic E-state index is 13.2. The number of thiazole rings is 1. The summed E-state index contributed by atoms with van der Waals surface area (Å²) < 4.78 is 6.58. The Morgan fingerprint density at radius 3 is 2.54 bits per heavy atom. The van der Waals surface area contributed by atoms with Crippen LogP contribution in [0.1, 0.15) is 29.4 Å². The predicted molar refractivity (Wildman–Crippen MR) is 114 cm³/mol. The predicted octanol–water partition coefficient (Wildman–Crippen LogP) is 5.54. The maximum Gasteiger partial charge on any atom is 0.233 e. The summed E-state index contributed by atoms with van der Waals surface area (Å²) in [4.78, 5) is 19.7. The molecule has 0 radical (unpaired) electrons. The smallest absolute Gasteiger partial charge is 0.233 e. The van der Waals surface area contributed by atoms with Gasteiger partial charge in [-0.15, -0.1) is 0 Å². The molecule has 28 heavy (non-hydrogen) atoms. The zero-order valence-corrected chi connectivity index (χ0v) is 16.8. The first-order valence-electron chi connectivity index (χ1n) is 9.40. The minimum atomic E-state index is 0.0114. The third kappa shape index (κ3) is 3.85. The van der Waals surface area contributed by atoms with Gasteiger partial charge in [0, 0.05) is 0 Å². The fourth-order valence-electron chi connectivity index (χ4n) is 3.17. The molecule has 2 heterocycles. The fourth-order valence-corrected chi connectivity index (χ4v) is 4.23. The van der Waals surface area contributed by atoms with Gasteiger partial charge in [0.15, 0.2) is 5.13 Å². The van der Waals surface area contributed by atoms with Gasteiger partial charge in [0.25, 0.3) is 0 Å². The number of carbonyl (C=O) groups is 1. The minimum Gasteiger partial charge on any atom is -0.467 e. The highest BCUT2D eigenvalue weighted by Gasteiger charge is 2.22.